The molecule has 4 nitrogen and oxygen atoms in total. The smallest absolute Gasteiger partial charge is 0.152 e. The van der Waals surface area contributed by atoms with Gasteiger partial charge in [0, 0.05) is 0 Å². The van der Waals surface area contributed by atoms with Gasteiger partial charge in [0.1, 0.15) is 5.41 Å². The van der Waals surface area contributed by atoms with E-state index in [0.29, 0.717) is 19.3 Å². The van der Waals surface area contributed by atoms with Gasteiger partial charge in [-0.25, -0.2) is 8.42 Å². The van der Waals surface area contributed by atoms with E-state index in [1.807, 2.05) is 0 Å². The van der Waals surface area contributed by atoms with E-state index in [4.69, 9.17) is 0 Å². The highest BCUT2D eigenvalue weighted by atomic mass is 32.2. The van der Waals surface area contributed by atoms with Crippen molar-refractivity contribution in [3.63, 3.8) is 0 Å². The maximum absolute atomic E-state index is 11.6. The van der Waals surface area contributed by atoms with E-state index in [0.717, 1.165) is 25.7 Å². The number of nitriles is 1. The van der Waals surface area contributed by atoms with Gasteiger partial charge in [-0.2, -0.15) is 5.26 Å². The SMILES string of the molecule is N#CC1(C2(O)CCCCCC2)CCS(=O)(=O)C1. The predicted molar refractivity (Wildman–Crippen MR) is 64.0 cm³/mol. The highest BCUT2D eigenvalue weighted by molar-refractivity contribution is 7.91. The van der Waals surface area contributed by atoms with Crippen LogP contribution < -0.4 is 0 Å². The van der Waals surface area contributed by atoms with Crippen molar-refractivity contribution in [3.8, 4) is 6.07 Å². The molecule has 1 saturated heterocycles. The zero-order chi connectivity index (χ0) is 12.6. The number of sulfone groups is 1. The molecule has 0 spiro atoms. The number of rotatable bonds is 1. The number of hydrogen-bond acceptors (Lipinski definition) is 4. The van der Waals surface area contributed by atoms with Gasteiger partial charge in [0.2, 0.25) is 0 Å². The van der Waals surface area contributed by atoms with Gasteiger partial charge in [0.05, 0.1) is 23.2 Å². The Morgan fingerprint density at radius 1 is 1.06 bits per heavy atom. The van der Waals surface area contributed by atoms with Crippen LogP contribution in [0.1, 0.15) is 44.9 Å². The fourth-order valence-corrected chi connectivity index (χ4v) is 5.23. The molecule has 17 heavy (non-hydrogen) atoms. The molecule has 0 aromatic heterocycles. The van der Waals surface area contributed by atoms with E-state index >= 15 is 0 Å². The van der Waals surface area contributed by atoms with Crippen molar-refractivity contribution >= 4 is 9.84 Å². The summed E-state index contributed by atoms with van der Waals surface area (Å²) in [4.78, 5) is 0. The highest BCUT2D eigenvalue weighted by Gasteiger charge is 2.56. The van der Waals surface area contributed by atoms with Crippen LogP contribution in [0.15, 0.2) is 0 Å². The molecule has 5 heteroatoms. The van der Waals surface area contributed by atoms with Crippen molar-refractivity contribution < 1.29 is 13.5 Å². The van der Waals surface area contributed by atoms with Crippen molar-refractivity contribution in [2.75, 3.05) is 11.5 Å². The lowest BCUT2D eigenvalue weighted by atomic mass is 9.68. The molecule has 1 saturated carbocycles. The van der Waals surface area contributed by atoms with Gasteiger partial charge in [-0.15, -0.1) is 0 Å². The molecule has 0 aromatic carbocycles. The zero-order valence-corrected chi connectivity index (χ0v) is 10.8. The van der Waals surface area contributed by atoms with E-state index in [1.165, 1.54) is 0 Å². The Morgan fingerprint density at radius 3 is 2.06 bits per heavy atom. The van der Waals surface area contributed by atoms with Gasteiger partial charge in [-0.3, -0.25) is 0 Å². The van der Waals surface area contributed by atoms with Crippen LogP contribution in [-0.2, 0) is 9.84 Å². The molecule has 1 aliphatic carbocycles. The number of aliphatic hydroxyl groups is 1. The topological polar surface area (TPSA) is 78.2 Å². The van der Waals surface area contributed by atoms with Crippen LogP contribution >= 0.6 is 0 Å². The summed E-state index contributed by atoms with van der Waals surface area (Å²) >= 11 is 0. The van der Waals surface area contributed by atoms with E-state index in [9.17, 15) is 18.8 Å². The van der Waals surface area contributed by atoms with Crippen LogP contribution in [0.25, 0.3) is 0 Å². The van der Waals surface area contributed by atoms with Gasteiger partial charge in [-0.1, -0.05) is 25.7 Å². The minimum atomic E-state index is -3.15. The quantitative estimate of drug-likeness (QED) is 0.720. The molecule has 1 heterocycles. The van der Waals surface area contributed by atoms with Crippen molar-refractivity contribution in [1.82, 2.24) is 0 Å². The third kappa shape index (κ3) is 2.21. The Hall–Kier alpha value is -0.600. The van der Waals surface area contributed by atoms with Crippen LogP contribution in [0.5, 0.6) is 0 Å². The summed E-state index contributed by atoms with van der Waals surface area (Å²) in [6.07, 6.45) is 5.33. The molecule has 96 valence electrons. The van der Waals surface area contributed by atoms with Crippen LogP contribution in [0.4, 0.5) is 0 Å². The van der Waals surface area contributed by atoms with Gasteiger partial charge in [0.25, 0.3) is 0 Å². The third-order valence-electron chi connectivity index (χ3n) is 4.34. The van der Waals surface area contributed by atoms with Crippen molar-refractivity contribution in [3.05, 3.63) is 0 Å². The van der Waals surface area contributed by atoms with Gasteiger partial charge >= 0.3 is 0 Å². The van der Waals surface area contributed by atoms with Crippen molar-refractivity contribution in [2.45, 2.75) is 50.5 Å². The Kier molecular flexibility index (Phi) is 3.21. The summed E-state index contributed by atoms with van der Waals surface area (Å²) in [7, 11) is -3.15. The van der Waals surface area contributed by atoms with Crippen LogP contribution in [0, 0.1) is 16.7 Å². The lowest BCUT2D eigenvalue weighted by Crippen LogP contribution is -2.48. The molecule has 0 radical (unpaired) electrons. The largest absolute Gasteiger partial charge is 0.388 e. The summed E-state index contributed by atoms with van der Waals surface area (Å²) < 4.78 is 23.2. The summed E-state index contributed by atoms with van der Waals surface area (Å²) in [6, 6.07) is 2.14. The molecule has 0 aromatic rings. The average molecular weight is 257 g/mol. The fraction of sp³-hybridized carbons (Fsp3) is 0.917. The van der Waals surface area contributed by atoms with Gasteiger partial charge in [-0.05, 0) is 19.3 Å². The molecule has 0 amide bonds. The van der Waals surface area contributed by atoms with E-state index in [2.05, 4.69) is 6.07 Å². The maximum Gasteiger partial charge on any atom is 0.152 e. The first-order valence-electron chi connectivity index (χ1n) is 6.27. The minimum Gasteiger partial charge on any atom is -0.388 e. The van der Waals surface area contributed by atoms with E-state index in [1.54, 1.807) is 0 Å². The average Bonchev–Trinajstić information content (AvgIpc) is 2.46. The van der Waals surface area contributed by atoms with E-state index < -0.39 is 20.9 Å². The Balaban J connectivity index is 2.32. The third-order valence-corrected chi connectivity index (χ3v) is 6.10. The van der Waals surface area contributed by atoms with Gasteiger partial charge < -0.3 is 5.11 Å². The summed E-state index contributed by atoms with van der Waals surface area (Å²) in [5.41, 5.74) is -2.15. The second-order valence-electron chi connectivity index (χ2n) is 5.48. The first-order valence-corrected chi connectivity index (χ1v) is 8.09. The lowest BCUT2D eigenvalue weighted by molar-refractivity contribution is -0.0560. The first kappa shape index (κ1) is 12.8. The Labute approximate surface area is 103 Å². The molecular weight excluding hydrogens is 238 g/mol. The van der Waals surface area contributed by atoms with Crippen LogP contribution in [0.3, 0.4) is 0 Å². The molecule has 1 unspecified atom stereocenters. The van der Waals surface area contributed by atoms with Crippen LogP contribution in [0.2, 0.25) is 0 Å². The second-order valence-corrected chi connectivity index (χ2v) is 7.67. The fourth-order valence-electron chi connectivity index (χ4n) is 3.20. The number of nitrogens with zero attached hydrogens (tertiary/aromatic N) is 1. The van der Waals surface area contributed by atoms with Gasteiger partial charge in [0.15, 0.2) is 9.84 Å². The lowest BCUT2D eigenvalue weighted by Gasteiger charge is -2.39. The van der Waals surface area contributed by atoms with Crippen molar-refractivity contribution in [2.24, 2.45) is 5.41 Å². The summed E-state index contributed by atoms with van der Waals surface area (Å²) in [6.45, 7) is 0. The Bertz CT molecular complexity index is 429. The highest BCUT2D eigenvalue weighted by Crippen LogP contribution is 2.47. The Morgan fingerprint density at radius 2 is 1.65 bits per heavy atom. The monoisotopic (exact) mass is 257 g/mol. The molecule has 0 bridgehead atoms. The molecule has 2 fully saturated rings. The molecule has 2 aliphatic rings. The summed E-state index contributed by atoms with van der Waals surface area (Å²) in [5, 5.41) is 20.1. The summed E-state index contributed by atoms with van der Waals surface area (Å²) in [5.74, 6) is -0.115. The first-order chi connectivity index (χ1) is 7.93. The minimum absolute atomic E-state index is 0.0445. The molecule has 1 aliphatic heterocycles. The number of hydrogen-bond donors (Lipinski definition) is 1. The second kappa shape index (κ2) is 4.25. The molecular formula is C12H19NO3S. The molecule has 1 atom stereocenters. The normalized spacial score (nSPS) is 36.0. The maximum atomic E-state index is 11.6. The zero-order valence-electron chi connectivity index (χ0n) is 9.98. The van der Waals surface area contributed by atoms with Crippen LogP contribution in [-0.4, -0.2) is 30.6 Å². The predicted octanol–water partition coefficient (Wildman–Crippen LogP) is 1.40. The van der Waals surface area contributed by atoms with E-state index in [-0.39, 0.29) is 11.5 Å². The molecule has 2 rings (SSSR count). The standard InChI is InChI=1S/C12H19NO3S/c13-9-11(7-8-17(15,16)10-11)12(14)5-3-1-2-4-6-12/h14H,1-8,10H2. The molecule has 1 N–H and O–H groups in total. The van der Waals surface area contributed by atoms with Crippen molar-refractivity contribution in [1.29, 1.82) is 5.26 Å².